The monoisotopic (exact) mass is 296 g/mol. The Labute approximate surface area is 126 Å². The number of para-hydroxylation sites is 1. The Morgan fingerprint density at radius 2 is 1.90 bits per heavy atom. The molecule has 0 aliphatic carbocycles. The first-order valence-corrected chi connectivity index (χ1v) is 8.04. The number of hydrogen-bond donors (Lipinski definition) is 1. The Morgan fingerprint density at radius 1 is 1.10 bits per heavy atom. The van der Waals surface area contributed by atoms with Gasteiger partial charge in [0.25, 0.3) is 0 Å². The van der Waals surface area contributed by atoms with Gasteiger partial charge in [-0.15, -0.1) is 0 Å². The van der Waals surface area contributed by atoms with E-state index in [1.54, 1.807) is 6.07 Å². The van der Waals surface area contributed by atoms with Gasteiger partial charge in [0, 0.05) is 11.1 Å². The summed E-state index contributed by atoms with van der Waals surface area (Å²) in [7, 11) is -1.19. The summed E-state index contributed by atoms with van der Waals surface area (Å²) in [6, 6.07) is 17.4. The smallest absolute Gasteiger partial charge is 0.0706 e. The number of fused-ring (bicyclic) bond motifs is 1. The molecular formula is C17H16N2OS. The van der Waals surface area contributed by atoms with Crippen molar-refractivity contribution in [1.29, 1.82) is 0 Å². The first-order chi connectivity index (χ1) is 10.1. The zero-order valence-corrected chi connectivity index (χ0v) is 12.6. The second kappa shape index (κ2) is 5.66. The maximum absolute atomic E-state index is 12.5. The highest BCUT2D eigenvalue weighted by Gasteiger charge is 2.10. The number of aromatic nitrogens is 1. The number of nitrogens with two attached hydrogens (primary N) is 1. The van der Waals surface area contributed by atoms with Crippen LogP contribution in [0.4, 0.5) is 5.69 Å². The number of aryl methyl sites for hydroxylation is 1. The summed E-state index contributed by atoms with van der Waals surface area (Å²) in [5.41, 5.74) is 9.28. The molecule has 1 aromatic heterocycles. The molecule has 1 unspecified atom stereocenters. The van der Waals surface area contributed by atoms with E-state index in [1.807, 2.05) is 55.5 Å². The van der Waals surface area contributed by atoms with Crippen LogP contribution in [0.5, 0.6) is 0 Å². The van der Waals surface area contributed by atoms with Crippen LogP contribution in [0.1, 0.15) is 11.3 Å². The minimum atomic E-state index is -1.19. The summed E-state index contributed by atoms with van der Waals surface area (Å²) in [5, 5.41) is 1.09. The zero-order valence-electron chi connectivity index (χ0n) is 11.7. The highest BCUT2D eigenvalue weighted by Crippen LogP contribution is 2.21. The molecule has 0 amide bonds. The molecule has 0 bridgehead atoms. The highest BCUT2D eigenvalue weighted by atomic mass is 32.2. The van der Waals surface area contributed by atoms with Gasteiger partial charge >= 0.3 is 0 Å². The van der Waals surface area contributed by atoms with E-state index in [4.69, 9.17) is 5.73 Å². The molecule has 21 heavy (non-hydrogen) atoms. The van der Waals surface area contributed by atoms with E-state index in [0.717, 1.165) is 22.2 Å². The minimum absolute atomic E-state index is 0.373. The Balaban J connectivity index is 1.90. The molecule has 1 atom stereocenters. The second-order valence-electron chi connectivity index (χ2n) is 5.03. The minimum Gasteiger partial charge on any atom is -0.398 e. The fourth-order valence-electron chi connectivity index (χ4n) is 2.24. The van der Waals surface area contributed by atoms with Gasteiger partial charge < -0.3 is 5.73 Å². The third-order valence-electron chi connectivity index (χ3n) is 3.35. The normalized spacial score (nSPS) is 12.4. The molecule has 3 aromatic rings. The van der Waals surface area contributed by atoms with Crippen LogP contribution in [0.2, 0.25) is 0 Å². The molecule has 0 saturated carbocycles. The first kappa shape index (κ1) is 13.8. The third kappa shape index (κ3) is 2.95. The van der Waals surface area contributed by atoms with Crippen LogP contribution in [0, 0.1) is 6.92 Å². The van der Waals surface area contributed by atoms with Gasteiger partial charge in [-0.1, -0.05) is 30.3 Å². The lowest BCUT2D eigenvalue weighted by Gasteiger charge is -2.07. The Bertz CT molecular complexity index is 830. The first-order valence-electron chi connectivity index (χ1n) is 6.72. The van der Waals surface area contributed by atoms with Crippen LogP contribution in [-0.4, -0.2) is 9.19 Å². The van der Waals surface area contributed by atoms with Crippen LogP contribution in [0.15, 0.2) is 59.5 Å². The molecule has 0 fully saturated rings. The van der Waals surface area contributed by atoms with Gasteiger partial charge in [0.1, 0.15) is 0 Å². The number of rotatable bonds is 3. The van der Waals surface area contributed by atoms with E-state index in [9.17, 15) is 4.21 Å². The van der Waals surface area contributed by atoms with Crippen LogP contribution < -0.4 is 5.73 Å². The number of benzene rings is 2. The number of hydrogen-bond acceptors (Lipinski definition) is 3. The second-order valence-corrected chi connectivity index (χ2v) is 6.45. The van der Waals surface area contributed by atoms with Gasteiger partial charge in [-0.25, -0.2) is 0 Å². The summed E-state index contributed by atoms with van der Waals surface area (Å²) in [4.78, 5) is 5.24. The van der Waals surface area contributed by atoms with Crippen molar-refractivity contribution in [3.63, 3.8) is 0 Å². The quantitative estimate of drug-likeness (QED) is 0.753. The number of pyridine rings is 1. The third-order valence-corrected chi connectivity index (χ3v) is 4.75. The molecule has 106 valence electrons. The van der Waals surface area contributed by atoms with Gasteiger partial charge in [0.2, 0.25) is 0 Å². The van der Waals surface area contributed by atoms with Gasteiger partial charge in [0.05, 0.1) is 32.7 Å². The van der Waals surface area contributed by atoms with Crippen LogP contribution >= 0.6 is 0 Å². The van der Waals surface area contributed by atoms with Crippen LogP contribution in [0.25, 0.3) is 10.9 Å². The molecule has 0 radical (unpaired) electrons. The summed E-state index contributed by atoms with van der Waals surface area (Å²) in [6.07, 6.45) is 0. The standard InChI is InChI=1S/C17H16N2OS/c1-12-6-9-15(18)17(10-12)21(20)11-14-8-7-13-4-2-3-5-16(13)19-14/h2-10H,11,18H2,1H3. The average molecular weight is 296 g/mol. The molecule has 0 spiro atoms. The maximum Gasteiger partial charge on any atom is 0.0706 e. The fraction of sp³-hybridized carbons (Fsp3) is 0.118. The average Bonchev–Trinajstić information content (AvgIpc) is 2.49. The molecule has 0 aliphatic rings. The van der Waals surface area contributed by atoms with Crippen molar-refractivity contribution in [3.8, 4) is 0 Å². The van der Waals surface area contributed by atoms with Crippen molar-refractivity contribution in [3.05, 3.63) is 65.9 Å². The molecular weight excluding hydrogens is 280 g/mol. The largest absolute Gasteiger partial charge is 0.398 e. The summed E-state index contributed by atoms with van der Waals surface area (Å²) >= 11 is 0. The maximum atomic E-state index is 12.5. The van der Waals surface area contributed by atoms with E-state index in [0.29, 0.717) is 16.3 Å². The van der Waals surface area contributed by atoms with E-state index >= 15 is 0 Å². The molecule has 0 saturated heterocycles. The van der Waals surface area contributed by atoms with Gasteiger partial charge in [0.15, 0.2) is 0 Å². The van der Waals surface area contributed by atoms with E-state index in [-0.39, 0.29) is 0 Å². The highest BCUT2D eigenvalue weighted by molar-refractivity contribution is 7.84. The van der Waals surface area contributed by atoms with Crippen molar-refractivity contribution in [2.45, 2.75) is 17.6 Å². The topological polar surface area (TPSA) is 56.0 Å². The predicted molar refractivity (Wildman–Crippen MR) is 87.4 cm³/mol. The van der Waals surface area contributed by atoms with E-state index in [2.05, 4.69) is 4.98 Å². The fourth-order valence-corrected chi connectivity index (χ4v) is 3.47. The molecule has 1 heterocycles. The van der Waals surface area contributed by atoms with Gasteiger partial charge in [-0.2, -0.15) is 0 Å². The SMILES string of the molecule is Cc1ccc(N)c(S(=O)Cc2ccc3ccccc3n2)c1. The molecule has 2 aromatic carbocycles. The van der Waals surface area contributed by atoms with Gasteiger partial charge in [-0.3, -0.25) is 9.19 Å². The van der Waals surface area contributed by atoms with Crippen molar-refractivity contribution in [2.24, 2.45) is 0 Å². The predicted octanol–water partition coefficient (Wildman–Crippen LogP) is 3.43. The van der Waals surface area contributed by atoms with Crippen molar-refractivity contribution < 1.29 is 4.21 Å². The summed E-state index contributed by atoms with van der Waals surface area (Å²) in [6.45, 7) is 1.97. The lowest BCUT2D eigenvalue weighted by atomic mass is 10.2. The van der Waals surface area contributed by atoms with E-state index in [1.165, 1.54) is 0 Å². The number of anilines is 1. The van der Waals surface area contributed by atoms with Gasteiger partial charge in [-0.05, 0) is 36.8 Å². The molecule has 3 rings (SSSR count). The molecule has 2 N–H and O–H groups in total. The number of nitrogen functional groups attached to an aromatic ring is 1. The molecule has 0 aliphatic heterocycles. The van der Waals surface area contributed by atoms with Crippen molar-refractivity contribution >= 4 is 27.4 Å². The Morgan fingerprint density at radius 3 is 2.76 bits per heavy atom. The van der Waals surface area contributed by atoms with Crippen LogP contribution in [-0.2, 0) is 16.6 Å². The molecule has 3 nitrogen and oxygen atoms in total. The summed E-state index contributed by atoms with van der Waals surface area (Å²) < 4.78 is 12.5. The number of nitrogens with zero attached hydrogens (tertiary/aromatic N) is 1. The van der Waals surface area contributed by atoms with E-state index < -0.39 is 10.8 Å². The zero-order chi connectivity index (χ0) is 14.8. The lowest BCUT2D eigenvalue weighted by molar-refractivity contribution is 0.682. The van der Waals surface area contributed by atoms with Crippen LogP contribution in [0.3, 0.4) is 0 Å². The van der Waals surface area contributed by atoms with Crippen molar-refractivity contribution in [1.82, 2.24) is 4.98 Å². The summed E-state index contributed by atoms with van der Waals surface area (Å²) in [5.74, 6) is 0.373. The Hall–Kier alpha value is -2.20. The molecule has 4 heteroatoms. The lowest BCUT2D eigenvalue weighted by Crippen LogP contribution is -2.02. The van der Waals surface area contributed by atoms with Crippen molar-refractivity contribution in [2.75, 3.05) is 5.73 Å². The Kier molecular flexibility index (Phi) is 3.71.